The number of ketones is 1. The van der Waals surface area contributed by atoms with Crippen molar-refractivity contribution in [3.05, 3.63) is 53.0 Å². The molecule has 6 nitrogen and oxygen atoms in total. The van der Waals surface area contributed by atoms with E-state index in [0.29, 0.717) is 23.6 Å². The van der Waals surface area contributed by atoms with Gasteiger partial charge in [-0.25, -0.2) is 12.8 Å². The second-order valence-electron chi connectivity index (χ2n) is 6.22. The van der Waals surface area contributed by atoms with Gasteiger partial charge in [-0.2, -0.15) is 0 Å². The zero-order valence-corrected chi connectivity index (χ0v) is 15.8. The van der Waals surface area contributed by atoms with Gasteiger partial charge in [0.15, 0.2) is 20.8 Å². The van der Waals surface area contributed by atoms with Crippen LogP contribution < -0.4 is 0 Å². The number of carbonyl (C=O) groups is 1. The molecule has 1 atom stereocenters. The molecular formula is C17H18FN3O3S2. The fourth-order valence-corrected chi connectivity index (χ4v) is 5.31. The Hall–Kier alpha value is -2.00. The van der Waals surface area contributed by atoms with Gasteiger partial charge < -0.3 is 4.57 Å². The summed E-state index contributed by atoms with van der Waals surface area (Å²) in [4.78, 5) is 12.0. The molecule has 0 N–H and O–H groups in total. The quantitative estimate of drug-likeness (QED) is 0.424. The lowest BCUT2D eigenvalue weighted by Crippen LogP contribution is -2.11. The Morgan fingerprint density at radius 1 is 1.35 bits per heavy atom. The van der Waals surface area contributed by atoms with Crippen molar-refractivity contribution in [2.75, 3.05) is 11.5 Å². The molecule has 138 valence electrons. The Labute approximate surface area is 155 Å². The Morgan fingerprint density at radius 3 is 2.73 bits per heavy atom. The first kappa shape index (κ1) is 18.8. The van der Waals surface area contributed by atoms with E-state index in [9.17, 15) is 17.6 Å². The van der Waals surface area contributed by atoms with Crippen LogP contribution in [-0.4, -0.2) is 40.5 Å². The van der Waals surface area contributed by atoms with Gasteiger partial charge in [0.25, 0.3) is 0 Å². The van der Waals surface area contributed by atoms with E-state index in [0.717, 1.165) is 5.82 Å². The number of aromatic nitrogens is 3. The molecule has 1 unspecified atom stereocenters. The zero-order valence-electron chi connectivity index (χ0n) is 14.1. The van der Waals surface area contributed by atoms with Crippen LogP contribution in [0.25, 0.3) is 0 Å². The first-order valence-corrected chi connectivity index (χ1v) is 10.8. The third-order valence-corrected chi connectivity index (χ3v) is 6.92. The fourth-order valence-electron chi connectivity index (χ4n) is 2.78. The maximum atomic E-state index is 12.9. The van der Waals surface area contributed by atoms with Crippen LogP contribution in [0.3, 0.4) is 0 Å². The first-order valence-electron chi connectivity index (χ1n) is 8.06. The van der Waals surface area contributed by atoms with E-state index in [1.807, 2.05) is 11.6 Å². The summed E-state index contributed by atoms with van der Waals surface area (Å²) in [6.45, 7) is 0. The molecular weight excluding hydrogens is 377 g/mol. The summed E-state index contributed by atoms with van der Waals surface area (Å²) in [6.07, 6.45) is 2.63. The molecule has 1 saturated heterocycles. The Bertz CT molecular complexity index is 937. The summed E-state index contributed by atoms with van der Waals surface area (Å²) in [5, 5.41) is 10.4. The average Bonchev–Trinajstić information content (AvgIpc) is 3.11. The highest BCUT2D eigenvalue weighted by atomic mass is 32.2. The largest absolute Gasteiger partial charge is 0.309 e. The van der Waals surface area contributed by atoms with Crippen molar-refractivity contribution in [1.29, 1.82) is 0 Å². The lowest BCUT2D eigenvalue weighted by Gasteiger charge is -2.06. The minimum Gasteiger partial charge on any atom is -0.309 e. The van der Waals surface area contributed by atoms with Gasteiger partial charge in [0, 0.05) is 19.0 Å². The Kier molecular flexibility index (Phi) is 5.57. The topological polar surface area (TPSA) is 81.9 Å². The zero-order chi connectivity index (χ0) is 18.7. The van der Waals surface area contributed by atoms with Gasteiger partial charge >= 0.3 is 0 Å². The van der Waals surface area contributed by atoms with Crippen molar-refractivity contribution in [1.82, 2.24) is 14.8 Å². The molecule has 2 aromatic rings. The van der Waals surface area contributed by atoms with Gasteiger partial charge in [-0.1, -0.05) is 11.8 Å². The Morgan fingerprint density at radius 2 is 2.08 bits per heavy atom. The molecule has 1 aliphatic rings. The van der Waals surface area contributed by atoms with Crippen molar-refractivity contribution < 1.29 is 17.6 Å². The summed E-state index contributed by atoms with van der Waals surface area (Å²) in [6, 6.07) is 5.35. The summed E-state index contributed by atoms with van der Waals surface area (Å²) >= 11 is 1.25. The van der Waals surface area contributed by atoms with Crippen molar-refractivity contribution in [2.45, 2.75) is 18.0 Å². The number of allylic oxidation sites excluding steroid dienone is 1. The molecule has 9 heteroatoms. The average molecular weight is 395 g/mol. The highest BCUT2D eigenvalue weighted by Crippen LogP contribution is 2.24. The summed E-state index contributed by atoms with van der Waals surface area (Å²) in [5.41, 5.74) is 0.407. The minimum absolute atomic E-state index is 0.0799. The molecule has 0 radical (unpaired) electrons. The molecule has 26 heavy (non-hydrogen) atoms. The maximum Gasteiger partial charge on any atom is 0.195 e. The molecule has 0 spiro atoms. The van der Waals surface area contributed by atoms with Crippen LogP contribution in [0, 0.1) is 11.7 Å². The van der Waals surface area contributed by atoms with Gasteiger partial charge in [0.1, 0.15) is 11.6 Å². The van der Waals surface area contributed by atoms with Crippen molar-refractivity contribution in [3.63, 3.8) is 0 Å². The third-order valence-electron chi connectivity index (χ3n) is 4.24. The van der Waals surface area contributed by atoms with E-state index in [4.69, 9.17) is 0 Å². The van der Waals surface area contributed by atoms with Crippen LogP contribution in [0.1, 0.15) is 22.6 Å². The maximum absolute atomic E-state index is 12.9. The molecule has 1 aromatic heterocycles. The predicted octanol–water partition coefficient (Wildman–Crippen LogP) is 2.42. The van der Waals surface area contributed by atoms with E-state index in [1.54, 1.807) is 5.41 Å². The number of halogens is 1. The van der Waals surface area contributed by atoms with Crippen LogP contribution >= 0.6 is 11.8 Å². The van der Waals surface area contributed by atoms with E-state index in [-0.39, 0.29) is 29.0 Å². The van der Waals surface area contributed by atoms with Crippen LogP contribution in [0.2, 0.25) is 0 Å². The molecule has 3 rings (SSSR count). The van der Waals surface area contributed by atoms with Gasteiger partial charge in [0.2, 0.25) is 0 Å². The van der Waals surface area contributed by atoms with Gasteiger partial charge in [0.05, 0.1) is 11.5 Å². The third kappa shape index (κ3) is 4.59. The molecule has 1 aromatic carbocycles. The normalized spacial score (nSPS) is 19.2. The number of sulfone groups is 1. The standard InChI is InChI=1S/C17H18FN3O3S2/c1-21-16(10-12-7-9-26(23,24)11-12)19-20-17(21)25-8-6-15(22)13-2-4-14(18)5-3-13/h2-6,8,12H,7,9-11H2,1H3/b8-6+. The van der Waals surface area contributed by atoms with Crippen molar-refractivity contribution >= 4 is 27.4 Å². The van der Waals surface area contributed by atoms with Crippen molar-refractivity contribution in [2.24, 2.45) is 13.0 Å². The molecule has 1 aliphatic heterocycles. The summed E-state index contributed by atoms with van der Waals surface area (Å²) in [7, 11) is -1.09. The van der Waals surface area contributed by atoms with Gasteiger partial charge in [-0.3, -0.25) is 4.79 Å². The highest BCUT2D eigenvalue weighted by Gasteiger charge is 2.29. The predicted molar refractivity (Wildman–Crippen MR) is 97.2 cm³/mol. The second-order valence-corrected chi connectivity index (χ2v) is 9.32. The van der Waals surface area contributed by atoms with Crippen LogP contribution in [0.15, 0.2) is 40.9 Å². The number of benzene rings is 1. The van der Waals surface area contributed by atoms with E-state index >= 15 is 0 Å². The number of hydrogen-bond donors (Lipinski definition) is 0. The SMILES string of the molecule is Cn1c(CC2CCS(=O)(=O)C2)nnc1S/C=C/C(=O)c1ccc(F)cc1. The Balaban J connectivity index is 1.59. The smallest absolute Gasteiger partial charge is 0.195 e. The molecule has 0 aliphatic carbocycles. The first-order chi connectivity index (χ1) is 12.3. The number of nitrogens with zero attached hydrogens (tertiary/aromatic N) is 3. The molecule has 1 fully saturated rings. The number of hydrogen-bond acceptors (Lipinski definition) is 6. The highest BCUT2D eigenvalue weighted by molar-refractivity contribution is 8.02. The minimum atomic E-state index is -2.91. The van der Waals surface area contributed by atoms with Crippen LogP contribution in [0.4, 0.5) is 4.39 Å². The van der Waals surface area contributed by atoms with Crippen LogP contribution in [-0.2, 0) is 23.3 Å². The molecule has 0 bridgehead atoms. The van der Waals surface area contributed by atoms with Gasteiger partial charge in [-0.05, 0) is 48.1 Å². The molecule has 2 heterocycles. The monoisotopic (exact) mass is 395 g/mol. The van der Waals surface area contributed by atoms with Crippen molar-refractivity contribution in [3.8, 4) is 0 Å². The molecule has 0 amide bonds. The van der Waals surface area contributed by atoms with E-state index < -0.39 is 9.84 Å². The second kappa shape index (κ2) is 7.71. The number of carbonyl (C=O) groups excluding carboxylic acids is 1. The summed E-state index contributed by atoms with van der Waals surface area (Å²) < 4.78 is 37.8. The fraction of sp³-hybridized carbons (Fsp3) is 0.353. The van der Waals surface area contributed by atoms with Crippen LogP contribution in [0.5, 0.6) is 0 Å². The lowest BCUT2D eigenvalue weighted by atomic mass is 10.1. The lowest BCUT2D eigenvalue weighted by molar-refractivity contribution is 0.104. The number of thioether (sulfide) groups is 1. The summed E-state index contributed by atoms with van der Waals surface area (Å²) in [5.74, 6) is 0.640. The molecule has 0 saturated carbocycles. The van der Waals surface area contributed by atoms with E-state index in [2.05, 4.69) is 10.2 Å². The van der Waals surface area contributed by atoms with Gasteiger partial charge in [-0.15, -0.1) is 10.2 Å². The van der Waals surface area contributed by atoms with E-state index in [1.165, 1.54) is 42.1 Å². The number of rotatable bonds is 6.